The molecule has 2 N–H and O–H groups in total. The van der Waals surface area contributed by atoms with Crippen LogP contribution in [0.1, 0.15) is 12.5 Å². The van der Waals surface area contributed by atoms with E-state index < -0.39 is 5.60 Å². The smallest absolute Gasteiger partial charge is 0.0869 e. The second-order valence-electron chi connectivity index (χ2n) is 5.87. The van der Waals surface area contributed by atoms with E-state index in [2.05, 4.69) is 28.5 Å². The van der Waals surface area contributed by atoms with Gasteiger partial charge in [0.2, 0.25) is 0 Å². The molecule has 1 aromatic heterocycles. The Morgan fingerprint density at radius 2 is 2.10 bits per heavy atom. The van der Waals surface area contributed by atoms with Crippen LogP contribution < -0.4 is 5.32 Å². The molecule has 1 aromatic carbocycles. The second kappa shape index (κ2) is 6.31. The molecule has 20 heavy (non-hydrogen) atoms. The number of likely N-dealkylation sites (N-methyl/N-ethyl adjacent to an activating group) is 1. The van der Waals surface area contributed by atoms with Crippen molar-refractivity contribution >= 4 is 10.9 Å². The highest BCUT2D eigenvalue weighted by atomic mass is 16.3. The summed E-state index contributed by atoms with van der Waals surface area (Å²) in [5, 5.41) is 14.7. The maximum atomic E-state index is 10.2. The molecule has 2 rings (SSSR count). The molecule has 0 saturated carbocycles. The number of nitrogens with zero attached hydrogens (tertiary/aromatic N) is 2. The van der Waals surface area contributed by atoms with Gasteiger partial charge in [-0.1, -0.05) is 12.1 Å². The molecule has 0 aliphatic heterocycles. The van der Waals surface area contributed by atoms with Gasteiger partial charge >= 0.3 is 0 Å². The minimum atomic E-state index is -0.720. The maximum Gasteiger partial charge on any atom is 0.0869 e. The molecule has 4 heteroatoms. The number of hydrogen-bond acceptors (Lipinski definition) is 4. The SMILES string of the molecule is CN(C)CC(C)(O)CNCc1ccc2ncccc2c1. The van der Waals surface area contributed by atoms with E-state index in [1.54, 1.807) is 6.20 Å². The van der Waals surface area contributed by atoms with Crippen molar-refractivity contribution in [1.29, 1.82) is 0 Å². The predicted molar refractivity (Wildman–Crippen MR) is 82.6 cm³/mol. The highest BCUT2D eigenvalue weighted by molar-refractivity contribution is 5.78. The van der Waals surface area contributed by atoms with Crippen LogP contribution in [-0.4, -0.2) is 47.8 Å². The van der Waals surface area contributed by atoms with E-state index >= 15 is 0 Å². The second-order valence-corrected chi connectivity index (χ2v) is 5.87. The third-order valence-corrected chi connectivity index (χ3v) is 3.16. The lowest BCUT2D eigenvalue weighted by Crippen LogP contribution is -2.45. The lowest BCUT2D eigenvalue weighted by atomic mass is 10.1. The summed E-state index contributed by atoms with van der Waals surface area (Å²) in [6, 6.07) is 10.2. The summed E-state index contributed by atoms with van der Waals surface area (Å²) >= 11 is 0. The molecule has 0 amide bonds. The summed E-state index contributed by atoms with van der Waals surface area (Å²) in [6.45, 7) is 3.80. The lowest BCUT2D eigenvalue weighted by molar-refractivity contribution is 0.0336. The zero-order valence-electron chi connectivity index (χ0n) is 12.4. The zero-order valence-corrected chi connectivity index (χ0v) is 12.4. The van der Waals surface area contributed by atoms with Crippen LogP contribution in [0.4, 0.5) is 0 Å². The van der Waals surface area contributed by atoms with E-state index in [0.717, 1.165) is 17.4 Å². The van der Waals surface area contributed by atoms with Crippen molar-refractivity contribution in [3.05, 3.63) is 42.1 Å². The lowest BCUT2D eigenvalue weighted by Gasteiger charge is -2.27. The van der Waals surface area contributed by atoms with Gasteiger partial charge in [0, 0.05) is 31.2 Å². The predicted octanol–water partition coefficient (Wildman–Crippen LogP) is 1.64. The number of pyridine rings is 1. The van der Waals surface area contributed by atoms with E-state index in [0.29, 0.717) is 13.1 Å². The maximum absolute atomic E-state index is 10.2. The molecule has 108 valence electrons. The van der Waals surface area contributed by atoms with Gasteiger partial charge in [-0.15, -0.1) is 0 Å². The van der Waals surface area contributed by atoms with Crippen molar-refractivity contribution < 1.29 is 5.11 Å². The minimum Gasteiger partial charge on any atom is -0.388 e. The number of aromatic nitrogens is 1. The Morgan fingerprint density at radius 3 is 2.85 bits per heavy atom. The van der Waals surface area contributed by atoms with E-state index in [1.807, 2.05) is 38.1 Å². The van der Waals surface area contributed by atoms with Crippen molar-refractivity contribution in [2.45, 2.75) is 19.1 Å². The Kier molecular flexibility index (Phi) is 4.70. The van der Waals surface area contributed by atoms with Crippen LogP contribution in [0.3, 0.4) is 0 Å². The standard InChI is InChI=1S/C16H23N3O/c1-16(20,12-19(2)3)11-17-10-13-6-7-15-14(9-13)5-4-8-18-15/h4-9,17,20H,10-12H2,1-3H3. The molecule has 0 aliphatic carbocycles. The molecular weight excluding hydrogens is 250 g/mol. The van der Waals surface area contributed by atoms with Gasteiger partial charge in [-0.2, -0.15) is 0 Å². The largest absolute Gasteiger partial charge is 0.388 e. The van der Waals surface area contributed by atoms with E-state index in [9.17, 15) is 5.11 Å². The summed E-state index contributed by atoms with van der Waals surface area (Å²) < 4.78 is 0. The first-order valence-corrected chi connectivity index (χ1v) is 6.88. The van der Waals surface area contributed by atoms with Crippen LogP contribution in [0.2, 0.25) is 0 Å². The van der Waals surface area contributed by atoms with Crippen molar-refractivity contribution in [2.75, 3.05) is 27.2 Å². The van der Waals surface area contributed by atoms with Gasteiger partial charge in [0.25, 0.3) is 0 Å². The van der Waals surface area contributed by atoms with Crippen molar-refractivity contribution in [3.63, 3.8) is 0 Å². The molecule has 0 saturated heterocycles. The Bertz CT molecular complexity index is 566. The molecule has 0 bridgehead atoms. The van der Waals surface area contributed by atoms with Crippen molar-refractivity contribution in [1.82, 2.24) is 15.2 Å². The summed E-state index contributed by atoms with van der Waals surface area (Å²) in [7, 11) is 3.93. The highest BCUT2D eigenvalue weighted by Gasteiger charge is 2.20. The molecule has 0 aliphatic rings. The number of fused-ring (bicyclic) bond motifs is 1. The number of hydrogen-bond donors (Lipinski definition) is 2. The Balaban J connectivity index is 1.92. The fourth-order valence-corrected chi connectivity index (χ4v) is 2.45. The van der Waals surface area contributed by atoms with Crippen LogP contribution in [0.15, 0.2) is 36.5 Å². The van der Waals surface area contributed by atoms with Crippen LogP contribution in [0.25, 0.3) is 10.9 Å². The molecule has 0 radical (unpaired) electrons. The van der Waals surface area contributed by atoms with E-state index in [-0.39, 0.29) is 0 Å². The third-order valence-electron chi connectivity index (χ3n) is 3.16. The summed E-state index contributed by atoms with van der Waals surface area (Å²) in [6.07, 6.45) is 1.80. The van der Waals surface area contributed by atoms with E-state index in [4.69, 9.17) is 0 Å². The van der Waals surface area contributed by atoms with Gasteiger partial charge in [-0.25, -0.2) is 0 Å². The topological polar surface area (TPSA) is 48.4 Å². The number of rotatable bonds is 6. The first kappa shape index (κ1) is 14.9. The first-order valence-electron chi connectivity index (χ1n) is 6.88. The van der Waals surface area contributed by atoms with Crippen LogP contribution in [-0.2, 0) is 6.54 Å². The van der Waals surface area contributed by atoms with E-state index in [1.165, 1.54) is 5.56 Å². The van der Waals surface area contributed by atoms with Crippen molar-refractivity contribution in [2.24, 2.45) is 0 Å². The van der Waals surface area contributed by atoms with Crippen molar-refractivity contribution in [3.8, 4) is 0 Å². The Labute approximate surface area is 120 Å². The van der Waals surface area contributed by atoms with Crippen LogP contribution in [0, 0.1) is 0 Å². The molecule has 1 unspecified atom stereocenters. The van der Waals surface area contributed by atoms with Gasteiger partial charge in [0.1, 0.15) is 0 Å². The normalized spacial score (nSPS) is 14.7. The third kappa shape index (κ3) is 4.27. The first-order chi connectivity index (χ1) is 9.46. The molecule has 1 atom stereocenters. The van der Waals surface area contributed by atoms with Gasteiger partial charge < -0.3 is 15.3 Å². The molecule has 2 aromatic rings. The fraction of sp³-hybridized carbons (Fsp3) is 0.438. The number of nitrogens with one attached hydrogen (secondary N) is 1. The Hall–Kier alpha value is -1.49. The molecular formula is C16H23N3O. The number of aliphatic hydroxyl groups is 1. The molecule has 1 heterocycles. The average molecular weight is 273 g/mol. The molecule has 0 spiro atoms. The van der Waals surface area contributed by atoms with Crippen LogP contribution >= 0.6 is 0 Å². The quantitative estimate of drug-likeness (QED) is 0.840. The summed E-state index contributed by atoms with van der Waals surface area (Å²) in [5.74, 6) is 0. The zero-order chi connectivity index (χ0) is 14.6. The highest BCUT2D eigenvalue weighted by Crippen LogP contribution is 2.13. The molecule has 0 fully saturated rings. The van der Waals surface area contributed by atoms with Crippen LogP contribution in [0.5, 0.6) is 0 Å². The number of benzene rings is 1. The molecule has 4 nitrogen and oxygen atoms in total. The monoisotopic (exact) mass is 273 g/mol. The fourth-order valence-electron chi connectivity index (χ4n) is 2.45. The summed E-state index contributed by atoms with van der Waals surface area (Å²) in [4.78, 5) is 6.30. The Morgan fingerprint density at radius 1 is 1.30 bits per heavy atom. The van der Waals surface area contributed by atoms with Gasteiger partial charge in [-0.3, -0.25) is 4.98 Å². The van der Waals surface area contributed by atoms with Gasteiger partial charge in [0.15, 0.2) is 0 Å². The van der Waals surface area contributed by atoms with Gasteiger partial charge in [-0.05, 0) is 44.8 Å². The minimum absolute atomic E-state index is 0.566. The summed E-state index contributed by atoms with van der Waals surface area (Å²) in [5.41, 5.74) is 1.49. The average Bonchev–Trinajstić information content (AvgIpc) is 2.37. The van der Waals surface area contributed by atoms with Gasteiger partial charge in [0.05, 0.1) is 11.1 Å².